The molecule has 3 nitrogen and oxygen atoms in total. The van der Waals surface area contributed by atoms with Gasteiger partial charge in [-0.25, -0.2) is 0 Å². The van der Waals surface area contributed by atoms with Crippen LogP contribution < -0.4 is 10.9 Å². The summed E-state index contributed by atoms with van der Waals surface area (Å²) in [6.45, 7) is 2.02. The van der Waals surface area contributed by atoms with Gasteiger partial charge in [-0.05, 0) is 42.9 Å². The first-order chi connectivity index (χ1) is 11.3. The lowest BCUT2D eigenvalue weighted by Crippen LogP contribution is -2.28. The monoisotopic (exact) mass is 384 g/mol. The highest BCUT2D eigenvalue weighted by atomic mass is 79.9. The van der Waals surface area contributed by atoms with Gasteiger partial charge in [-0.2, -0.15) is 0 Å². The smallest absolute Gasteiger partial charge is 0.256 e. The molecule has 3 aromatic rings. The molecule has 0 saturated carbocycles. The first-order valence-electron chi connectivity index (χ1n) is 8.25. The third-order valence-electron chi connectivity index (χ3n) is 4.77. The van der Waals surface area contributed by atoms with Crippen molar-refractivity contribution >= 4 is 27.8 Å². The predicted octanol–water partition coefficient (Wildman–Crippen LogP) is 4.24. The fourth-order valence-electron chi connectivity index (χ4n) is 3.63. The van der Waals surface area contributed by atoms with Crippen LogP contribution in [0.15, 0.2) is 59.4 Å². The molecule has 1 aliphatic heterocycles. The Labute approximate surface area is 151 Å². The van der Waals surface area contributed by atoms with Crippen molar-refractivity contribution in [3.63, 3.8) is 0 Å². The van der Waals surface area contributed by atoms with Gasteiger partial charge in [0.15, 0.2) is 0 Å². The number of nitrogens with one attached hydrogen (secondary N) is 2. The van der Waals surface area contributed by atoms with E-state index in [1.807, 2.05) is 24.3 Å². The Balaban J connectivity index is 0.00000169. The van der Waals surface area contributed by atoms with Crippen molar-refractivity contribution in [2.45, 2.75) is 18.8 Å². The quantitative estimate of drug-likeness (QED) is 0.693. The molecule has 0 atom stereocenters. The number of fused-ring (bicyclic) bond motifs is 1. The molecule has 2 heterocycles. The Bertz CT molecular complexity index is 883. The van der Waals surface area contributed by atoms with E-state index in [4.69, 9.17) is 0 Å². The first-order valence-corrected chi connectivity index (χ1v) is 8.25. The summed E-state index contributed by atoms with van der Waals surface area (Å²) in [6.07, 6.45) is 2.13. The average molecular weight is 385 g/mol. The molecule has 0 spiro atoms. The molecule has 1 aromatic heterocycles. The van der Waals surface area contributed by atoms with Gasteiger partial charge in [0.2, 0.25) is 0 Å². The van der Waals surface area contributed by atoms with Crippen LogP contribution in [-0.4, -0.2) is 18.1 Å². The molecule has 0 bridgehead atoms. The predicted molar refractivity (Wildman–Crippen MR) is 105 cm³/mol. The van der Waals surface area contributed by atoms with Crippen molar-refractivity contribution in [1.82, 2.24) is 10.3 Å². The SMILES string of the molecule is Br.O=c1[nH]c(C2CCNCC2)c(-c2ccccc2)c2ccccc12. The Morgan fingerprint density at radius 2 is 1.46 bits per heavy atom. The number of piperidine rings is 1. The molecule has 2 aromatic carbocycles. The van der Waals surface area contributed by atoms with Gasteiger partial charge >= 0.3 is 0 Å². The van der Waals surface area contributed by atoms with Crippen LogP contribution in [-0.2, 0) is 0 Å². The van der Waals surface area contributed by atoms with Crippen molar-refractivity contribution in [3.8, 4) is 11.1 Å². The van der Waals surface area contributed by atoms with Gasteiger partial charge in [-0.15, -0.1) is 17.0 Å². The van der Waals surface area contributed by atoms with E-state index in [2.05, 4.69) is 40.6 Å². The zero-order chi connectivity index (χ0) is 15.6. The molecule has 1 fully saturated rings. The number of benzene rings is 2. The highest BCUT2D eigenvalue weighted by Crippen LogP contribution is 2.36. The van der Waals surface area contributed by atoms with Crippen molar-refractivity contribution in [2.24, 2.45) is 0 Å². The summed E-state index contributed by atoms with van der Waals surface area (Å²) < 4.78 is 0. The zero-order valence-electron chi connectivity index (χ0n) is 13.4. The Morgan fingerprint density at radius 1 is 0.833 bits per heavy atom. The lowest BCUT2D eigenvalue weighted by molar-refractivity contribution is 0.454. The van der Waals surface area contributed by atoms with Gasteiger partial charge in [-0.1, -0.05) is 48.5 Å². The first kappa shape index (κ1) is 16.9. The Kier molecular flexibility index (Phi) is 5.17. The van der Waals surface area contributed by atoms with E-state index in [0.29, 0.717) is 5.92 Å². The maximum atomic E-state index is 12.6. The van der Waals surface area contributed by atoms with Gasteiger partial charge in [-0.3, -0.25) is 4.79 Å². The minimum Gasteiger partial charge on any atom is -0.325 e. The topological polar surface area (TPSA) is 44.9 Å². The average Bonchev–Trinajstić information content (AvgIpc) is 2.63. The van der Waals surface area contributed by atoms with Crippen LogP contribution in [0.4, 0.5) is 0 Å². The number of aromatic nitrogens is 1. The standard InChI is InChI=1S/C20H20N2O.BrH/c23-20-17-9-5-4-8-16(17)18(14-6-2-1-3-7-14)19(22-20)15-10-12-21-13-11-15;/h1-9,15,21H,10-13H2,(H,22,23);1H. The van der Waals surface area contributed by atoms with Crippen LogP contribution >= 0.6 is 17.0 Å². The van der Waals surface area contributed by atoms with Gasteiger partial charge in [0.25, 0.3) is 5.56 Å². The highest BCUT2D eigenvalue weighted by molar-refractivity contribution is 8.93. The molecule has 24 heavy (non-hydrogen) atoms. The van der Waals surface area contributed by atoms with E-state index in [1.165, 1.54) is 11.1 Å². The summed E-state index contributed by atoms with van der Waals surface area (Å²) in [5.74, 6) is 0.406. The summed E-state index contributed by atoms with van der Waals surface area (Å²) in [7, 11) is 0. The van der Waals surface area contributed by atoms with Gasteiger partial charge in [0, 0.05) is 22.6 Å². The van der Waals surface area contributed by atoms with Crippen LogP contribution in [0, 0.1) is 0 Å². The summed E-state index contributed by atoms with van der Waals surface area (Å²) in [5, 5.41) is 5.22. The molecule has 0 radical (unpaired) electrons. The second-order valence-electron chi connectivity index (χ2n) is 6.18. The van der Waals surface area contributed by atoms with Crippen LogP contribution in [0.3, 0.4) is 0 Å². The molecule has 0 unspecified atom stereocenters. The molecule has 4 heteroatoms. The number of H-pyrrole nitrogens is 1. The zero-order valence-corrected chi connectivity index (χ0v) is 15.1. The highest BCUT2D eigenvalue weighted by Gasteiger charge is 2.22. The Hall–Kier alpha value is -1.91. The van der Waals surface area contributed by atoms with Gasteiger partial charge in [0.1, 0.15) is 0 Å². The van der Waals surface area contributed by atoms with E-state index in [1.54, 1.807) is 0 Å². The van der Waals surface area contributed by atoms with Crippen LogP contribution in [0.5, 0.6) is 0 Å². The molecule has 0 aliphatic carbocycles. The fraction of sp³-hybridized carbons (Fsp3) is 0.250. The van der Waals surface area contributed by atoms with E-state index in [-0.39, 0.29) is 22.5 Å². The summed E-state index contributed by atoms with van der Waals surface area (Å²) in [5.41, 5.74) is 3.48. The number of aromatic amines is 1. The number of halogens is 1. The second kappa shape index (κ2) is 7.32. The molecule has 4 rings (SSSR count). The maximum absolute atomic E-state index is 12.6. The van der Waals surface area contributed by atoms with Crippen LogP contribution in [0.1, 0.15) is 24.5 Å². The molecular weight excluding hydrogens is 364 g/mol. The molecule has 1 saturated heterocycles. The van der Waals surface area contributed by atoms with Crippen molar-refractivity contribution in [3.05, 3.63) is 70.6 Å². The van der Waals surface area contributed by atoms with Gasteiger partial charge in [0.05, 0.1) is 0 Å². The Morgan fingerprint density at radius 3 is 2.17 bits per heavy atom. The van der Waals surface area contributed by atoms with E-state index in [0.717, 1.165) is 42.4 Å². The summed E-state index contributed by atoms with van der Waals surface area (Å²) in [6, 6.07) is 18.3. The molecule has 124 valence electrons. The van der Waals surface area contributed by atoms with Crippen molar-refractivity contribution in [2.75, 3.05) is 13.1 Å². The number of hydrogen-bond donors (Lipinski definition) is 2. The number of hydrogen-bond acceptors (Lipinski definition) is 2. The number of pyridine rings is 1. The second-order valence-corrected chi connectivity index (χ2v) is 6.18. The van der Waals surface area contributed by atoms with Crippen LogP contribution in [0.2, 0.25) is 0 Å². The van der Waals surface area contributed by atoms with Gasteiger partial charge < -0.3 is 10.3 Å². The lowest BCUT2D eigenvalue weighted by Gasteiger charge is -2.25. The van der Waals surface area contributed by atoms with Crippen molar-refractivity contribution < 1.29 is 0 Å². The minimum absolute atomic E-state index is 0. The minimum atomic E-state index is 0. The molecule has 1 aliphatic rings. The lowest BCUT2D eigenvalue weighted by atomic mass is 9.87. The molecule has 2 N–H and O–H groups in total. The van der Waals surface area contributed by atoms with E-state index >= 15 is 0 Å². The molecule has 0 amide bonds. The third-order valence-corrected chi connectivity index (χ3v) is 4.77. The third kappa shape index (κ3) is 3.04. The molecular formula is C20H21BrN2O. The largest absolute Gasteiger partial charge is 0.325 e. The normalized spacial score (nSPS) is 15.2. The van der Waals surface area contributed by atoms with E-state index in [9.17, 15) is 4.79 Å². The van der Waals surface area contributed by atoms with Crippen molar-refractivity contribution in [1.29, 1.82) is 0 Å². The summed E-state index contributed by atoms with van der Waals surface area (Å²) >= 11 is 0. The number of rotatable bonds is 2. The summed E-state index contributed by atoms with van der Waals surface area (Å²) in [4.78, 5) is 15.8. The van der Waals surface area contributed by atoms with Crippen LogP contribution in [0.25, 0.3) is 21.9 Å². The maximum Gasteiger partial charge on any atom is 0.256 e. The van der Waals surface area contributed by atoms with E-state index < -0.39 is 0 Å². The fourth-order valence-corrected chi connectivity index (χ4v) is 3.63.